The molecule has 1 amide bonds. The molecule has 0 heterocycles. The van der Waals surface area contributed by atoms with Crippen LogP contribution in [0.3, 0.4) is 0 Å². The van der Waals surface area contributed by atoms with Crippen molar-refractivity contribution >= 4 is 5.91 Å². The zero-order valence-corrected chi connectivity index (χ0v) is 12.1. The second kappa shape index (κ2) is 7.14. The van der Waals surface area contributed by atoms with Gasteiger partial charge in [-0.25, -0.2) is 0 Å². The number of carbonyl (C=O) groups excluding carboxylic acids is 1. The molecule has 0 radical (unpaired) electrons. The number of amides is 1. The van der Waals surface area contributed by atoms with E-state index in [9.17, 15) is 4.79 Å². The monoisotopic (exact) mass is 278 g/mol. The molecule has 0 saturated heterocycles. The number of rotatable bonds is 8. The van der Waals surface area contributed by atoms with Crippen LogP contribution >= 0.6 is 0 Å². The summed E-state index contributed by atoms with van der Waals surface area (Å²) in [6.07, 6.45) is 2.58. The lowest BCUT2D eigenvalue weighted by Crippen LogP contribution is -2.26. The highest BCUT2D eigenvalue weighted by atomic mass is 16.5. The summed E-state index contributed by atoms with van der Waals surface area (Å²) in [7, 11) is 3.51. The van der Waals surface area contributed by atoms with Crippen molar-refractivity contribution in [1.82, 2.24) is 10.6 Å². The van der Waals surface area contributed by atoms with Crippen LogP contribution in [0, 0.1) is 0 Å². The molecule has 2 N–H and O–H groups in total. The number of hydrogen-bond donors (Lipinski definition) is 2. The third-order valence-corrected chi connectivity index (χ3v) is 3.14. The third-order valence-electron chi connectivity index (χ3n) is 3.14. The number of nitrogens with one attached hydrogen (secondary N) is 2. The van der Waals surface area contributed by atoms with Gasteiger partial charge in [-0.3, -0.25) is 4.79 Å². The van der Waals surface area contributed by atoms with E-state index < -0.39 is 0 Å². The zero-order chi connectivity index (χ0) is 14.4. The highest BCUT2D eigenvalue weighted by molar-refractivity contribution is 5.76. The van der Waals surface area contributed by atoms with Crippen molar-refractivity contribution in [1.29, 1.82) is 0 Å². The first-order valence-electron chi connectivity index (χ1n) is 6.96. The van der Waals surface area contributed by atoms with Crippen molar-refractivity contribution in [3.8, 4) is 11.5 Å². The Labute approximate surface area is 119 Å². The van der Waals surface area contributed by atoms with Crippen LogP contribution in [-0.4, -0.2) is 32.7 Å². The van der Waals surface area contributed by atoms with Crippen LogP contribution in [0.15, 0.2) is 18.2 Å². The van der Waals surface area contributed by atoms with Gasteiger partial charge in [-0.2, -0.15) is 0 Å². The van der Waals surface area contributed by atoms with Crippen LogP contribution in [0.4, 0.5) is 0 Å². The molecule has 1 fully saturated rings. The lowest BCUT2D eigenvalue weighted by Gasteiger charge is -2.12. The summed E-state index contributed by atoms with van der Waals surface area (Å²) >= 11 is 0. The Bertz CT molecular complexity index is 458. The molecule has 0 unspecified atom stereocenters. The maximum atomic E-state index is 11.6. The van der Waals surface area contributed by atoms with Gasteiger partial charge in [0.25, 0.3) is 0 Å². The standard InChI is InChI=1S/C15H22N2O3/c1-16-10-11-3-6-13(19-2)14(9-11)20-8-7-15(18)17-12-4-5-12/h3,6,9,12,16H,4-5,7-8,10H2,1-2H3,(H,17,18). The summed E-state index contributed by atoms with van der Waals surface area (Å²) in [6.45, 7) is 1.13. The van der Waals surface area contributed by atoms with Gasteiger partial charge in [0.1, 0.15) is 0 Å². The van der Waals surface area contributed by atoms with Gasteiger partial charge in [0.15, 0.2) is 11.5 Å². The van der Waals surface area contributed by atoms with Gasteiger partial charge in [-0.15, -0.1) is 0 Å². The molecule has 0 spiro atoms. The largest absolute Gasteiger partial charge is 0.493 e. The molecular formula is C15H22N2O3. The minimum atomic E-state index is 0.0536. The first kappa shape index (κ1) is 14.7. The smallest absolute Gasteiger partial charge is 0.223 e. The van der Waals surface area contributed by atoms with Crippen molar-refractivity contribution in [3.63, 3.8) is 0 Å². The molecular weight excluding hydrogens is 256 g/mol. The van der Waals surface area contributed by atoms with Gasteiger partial charge in [0, 0.05) is 12.6 Å². The van der Waals surface area contributed by atoms with E-state index in [0.29, 0.717) is 30.6 Å². The SMILES string of the molecule is CNCc1ccc(OC)c(OCCC(=O)NC2CC2)c1. The van der Waals surface area contributed by atoms with Crippen LogP contribution < -0.4 is 20.1 Å². The fraction of sp³-hybridized carbons (Fsp3) is 0.533. The number of hydrogen-bond acceptors (Lipinski definition) is 4. The Morgan fingerprint density at radius 2 is 2.15 bits per heavy atom. The minimum absolute atomic E-state index is 0.0536. The molecule has 0 aromatic heterocycles. The summed E-state index contributed by atoms with van der Waals surface area (Å²) in [5, 5.41) is 6.03. The summed E-state index contributed by atoms with van der Waals surface area (Å²) in [4.78, 5) is 11.6. The molecule has 0 atom stereocenters. The van der Waals surface area contributed by atoms with Crippen molar-refractivity contribution in [2.24, 2.45) is 0 Å². The fourth-order valence-corrected chi connectivity index (χ4v) is 1.93. The second-order valence-electron chi connectivity index (χ2n) is 4.96. The van der Waals surface area contributed by atoms with Gasteiger partial charge in [0.05, 0.1) is 20.1 Å². The predicted molar refractivity (Wildman–Crippen MR) is 77.0 cm³/mol. The van der Waals surface area contributed by atoms with Crippen molar-refractivity contribution in [2.75, 3.05) is 20.8 Å². The molecule has 1 aliphatic rings. The van der Waals surface area contributed by atoms with Gasteiger partial charge in [0.2, 0.25) is 5.91 Å². The molecule has 5 heteroatoms. The molecule has 1 saturated carbocycles. The molecule has 110 valence electrons. The topological polar surface area (TPSA) is 59.6 Å². The molecule has 2 rings (SSSR count). The molecule has 5 nitrogen and oxygen atoms in total. The van der Waals surface area contributed by atoms with Crippen LogP contribution in [0.1, 0.15) is 24.8 Å². The number of ether oxygens (including phenoxy) is 2. The van der Waals surface area contributed by atoms with Gasteiger partial charge in [-0.1, -0.05) is 6.07 Å². The van der Waals surface area contributed by atoms with Crippen LogP contribution in [-0.2, 0) is 11.3 Å². The lowest BCUT2D eigenvalue weighted by molar-refractivity contribution is -0.121. The van der Waals surface area contributed by atoms with Crippen molar-refractivity contribution in [2.45, 2.75) is 31.8 Å². The van der Waals surface area contributed by atoms with Gasteiger partial charge < -0.3 is 20.1 Å². The van der Waals surface area contributed by atoms with E-state index in [-0.39, 0.29) is 5.91 Å². The van der Waals surface area contributed by atoms with E-state index in [2.05, 4.69) is 10.6 Å². The molecule has 1 aromatic rings. The van der Waals surface area contributed by atoms with E-state index in [1.54, 1.807) is 7.11 Å². The number of methoxy groups -OCH3 is 1. The van der Waals surface area contributed by atoms with Gasteiger partial charge >= 0.3 is 0 Å². The average molecular weight is 278 g/mol. The second-order valence-corrected chi connectivity index (χ2v) is 4.96. The molecule has 0 aliphatic heterocycles. The Balaban J connectivity index is 1.85. The first-order chi connectivity index (χ1) is 9.72. The average Bonchev–Trinajstić information content (AvgIpc) is 3.23. The van der Waals surface area contributed by atoms with Crippen LogP contribution in [0.2, 0.25) is 0 Å². The van der Waals surface area contributed by atoms with E-state index >= 15 is 0 Å². The van der Waals surface area contributed by atoms with Gasteiger partial charge in [-0.05, 0) is 37.6 Å². The van der Waals surface area contributed by atoms with Crippen LogP contribution in [0.5, 0.6) is 11.5 Å². The maximum Gasteiger partial charge on any atom is 0.223 e. The Hall–Kier alpha value is -1.75. The van der Waals surface area contributed by atoms with E-state index in [1.165, 1.54) is 0 Å². The molecule has 1 aromatic carbocycles. The highest BCUT2D eigenvalue weighted by Crippen LogP contribution is 2.28. The quantitative estimate of drug-likeness (QED) is 0.756. The molecule has 20 heavy (non-hydrogen) atoms. The van der Waals surface area contributed by atoms with Crippen molar-refractivity contribution in [3.05, 3.63) is 23.8 Å². The first-order valence-corrected chi connectivity index (χ1v) is 6.96. The summed E-state index contributed by atoms with van der Waals surface area (Å²) < 4.78 is 10.9. The van der Waals surface area contributed by atoms with Crippen LogP contribution in [0.25, 0.3) is 0 Å². The number of carbonyl (C=O) groups is 1. The van der Waals surface area contributed by atoms with E-state index in [0.717, 1.165) is 24.9 Å². The molecule has 1 aliphatic carbocycles. The minimum Gasteiger partial charge on any atom is -0.493 e. The summed E-state index contributed by atoms with van der Waals surface area (Å²) in [5.41, 5.74) is 1.12. The van der Waals surface area contributed by atoms with E-state index in [1.807, 2.05) is 25.2 Å². The Morgan fingerprint density at radius 3 is 2.80 bits per heavy atom. The summed E-state index contributed by atoms with van der Waals surface area (Å²) in [5.74, 6) is 1.42. The fourth-order valence-electron chi connectivity index (χ4n) is 1.93. The van der Waals surface area contributed by atoms with Crippen molar-refractivity contribution < 1.29 is 14.3 Å². The third kappa shape index (κ3) is 4.42. The Kier molecular flexibility index (Phi) is 5.24. The highest BCUT2D eigenvalue weighted by Gasteiger charge is 2.22. The number of benzene rings is 1. The zero-order valence-electron chi connectivity index (χ0n) is 12.1. The predicted octanol–water partition coefficient (Wildman–Crippen LogP) is 1.46. The lowest BCUT2D eigenvalue weighted by atomic mass is 10.2. The molecule has 0 bridgehead atoms. The normalized spacial score (nSPS) is 13.9. The Morgan fingerprint density at radius 1 is 1.35 bits per heavy atom. The van der Waals surface area contributed by atoms with E-state index in [4.69, 9.17) is 9.47 Å². The maximum absolute atomic E-state index is 11.6. The summed E-state index contributed by atoms with van der Waals surface area (Å²) in [6, 6.07) is 6.21.